The molecule has 1 aliphatic rings. The van der Waals surface area contributed by atoms with Gasteiger partial charge in [-0.2, -0.15) is 0 Å². The number of nitrogens with zero attached hydrogens (tertiary/aromatic N) is 1. The molecule has 3 nitrogen and oxygen atoms in total. The molecule has 20 heavy (non-hydrogen) atoms. The van der Waals surface area contributed by atoms with Crippen molar-refractivity contribution in [1.82, 2.24) is 4.98 Å². The molecule has 1 aromatic heterocycles. The summed E-state index contributed by atoms with van der Waals surface area (Å²) in [7, 11) is 0. The van der Waals surface area contributed by atoms with Gasteiger partial charge < -0.3 is 5.11 Å². The first-order valence-corrected chi connectivity index (χ1v) is 7.52. The predicted octanol–water partition coefficient (Wildman–Crippen LogP) is 4.07. The average Bonchev–Trinajstić information content (AvgIpc) is 2.87. The molecule has 0 bridgehead atoms. The summed E-state index contributed by atoms with van der Waals surface area (Å²) in [5, 5.41) is 10.6. The van der Waals surface area contributed by atoms with Crippen molar-refractivity contribution in [3.05, 3.63) is 52.2 Å². The fraction of sp³-hybridized carbons (Fsp3) is 0.200. The third-order valence-corrected chi connectivity index (χ3v) is 4.54. The van der Waals surface area contributed by atoms with E-state index in [0.717, 1.165) is 35.4 Å². The van der Waals surface area contributed by atoms with Crippen molar-refractivity contribution in [2.45, 2.75) is 29.2 Å². The number of carbonyl (C=O) groups is 1. The number of aromatic carboxylic acids is 1. The minimum absolute atomic E-state index is 0.283. The molecule has 0 saturated heterocycles. The minimum atomic E-state index is -0.927. The normalized spacial score (nSPS) is 13.2. The highest BCUT2D eigenvalue weighted by atomic mass is 35.5. The Morgan fingerprint density at radius 3 is 2.70 bits per heavy atom. The van der Waals surface area contributed by atoms with Gasteiger partial charge in [0.25, 0.3) is 0 Å². The molecule has 0 saturated carbocycles. The van der Waals surface area contributed by atoms with Gasteiger partial charge in [-0.05, 0) is 55.2 Å². The Morgan fingerprint density at radius 2 is 2.00 bits per heavy atom. The van der Waals surface area contributed by atoms with Crippen LogP contribution in [0.25, 0.3) is 0 Å². The monoisotopic (exact) mass is 305 g/mol. The van der Waals surface area contributed by atoms with Crippen LogP contribution in [0.15, 0.2) is 40.3 Å². The van der Waals surface area contributed by atoms with Gasteiger partial charge >= 0.3 is 5.97 Å². The maximum atomic E-state index is 11.4. The van der Waals surface area contributed by atoms with E-state index in [1.54, 1.807) is 18.2 Å². The summed E-state index contributed by atoms with van der Waals surface area (Å²) in [5.41, 5.74) is 2.39. The van der Waals surface area contributed by atoms with Gasteiger partial charge in [0.15, 0.2) is 0 Å². The molecule has 0 unspecified atom stereocenters. The number of carboxylic acids is 1. The van der Waals surface area contributed by atoms with E-state index in [-0.39, 0.29) is 5.56 Å². The lowest BCUT2D eigenvalue weighted by Gasteiger charge is -2.08. The highest BCUT2D eigenvalue weighted by Crippen LogP contribution is 2.33. The van der Waals surface area contributed by atoms with Gasteiger partial charge in [-0.1, -0.05) is 23.4 Å². The molecule has 0 spiro atoms. The summed E-state index contributed by atoms with van der Waals surface area (Å²) < 4.78 is 0. The highest BCUT2D eigenvalue weighted by molar-refractivity contribution is 7.99. The number of hydrogen-bond acceptors (Lipinski definition) is 3. The zero-order valence-corrected chi connectivity index (χ0v) is 12.2. The van der Waals surface area contributed by atoms with Crippen molar-refractivity contribution in [3.8, 4) is 0 Å². The first-order chi connectivity index (χ1) is 9.63. The SMILES string of the molecule is O=C(O)c1cc2c(nc1Sc1ccc(Cl)cc1)CCC2. The Bertz CT molecular complexity index is 670. The van der Waals surface area contributed by atoms with Crippen LogP contribution in [0.5, 0.6) is 0 Å². The zero-order chi connectivity index (χ0) is 14.1. The quantitative estimate of drug-likeness (QED) is 0.928. The van der Waals surface area contributed by atoms with Crippen LogP contribution in [-0.2, 0) is 12.8 Å². The lowest BCUT2D eigenvalue weighted by molar-refractivity contribution is 0.0692. The number of aryl methyl sites for hydroxylation is 2. The van der Waals surface area contributed by atoms with E-state index in [1.807, 2.05) is 12.1 Å². The second-order valence-corrected chi connectivity index (χ2v) is 6.16. The van der Waals surface area contributed by atoms with E-state index < -0.39 is 5.97 Å². The smallest absolute Gasteiger partial charge is 0.338 e. The predicted molar refractivity (Wildman–Crippen MR) is 78.8 cm³/mol. The van der Waals surface area contributed by atoms with E-state index in [2.05, 4.69) is 4.98 Å². The van der Waals surface area contributed by atoms with E-state index >= 15 is 0 Å². The Labute approximate surface area is 126 Å². The van der Waals surface area contributed by atoms with Crippen LogP contribution in [0.4, 0.5) is 0 Å². The van der Waals surface area contributed by atoms with Crippen molar-refractivity contribution in [2.75, 3.05) is 0 Å². The molecule has 0 amide bonds. The molecule has 0 aliphatic heterocycles. The topological polar surface area (TPSA) is 50.2 Å². The van der Waals surface area contributed by atoms with Crippen LogP contribution in [0.2, 0.25) is 5.02 Å². The molecule has 102 valence electrons. The van der Waals surface area contributed by atoms with Gasteiger partial charge in [-0.3, -0.25) is 0 Å². The molecule has 0 fully saturated rings. The van der Waals surface area contributed by atoms with Gasteiger partial charge in [-0.25, -0.2) is 9.78 Å². The molecule has 1 N–H and O–H groups in total. The Kier molecular flexibility index (Phi) is 3.68. The second-order valence-electron chi connectivity index (χ2n) is 4.66. The van der Waals surface area contributed by atoms with E-state index in [1.165, 1.54) is 11.8 Å². The van der Waals surface area contributed by atoms with Crippen molar-refractivity contribution >= 4 is 29.3 Å². The van der Waals surface area contributed by atoms with Crippen LogP contribution in [0.3, 0.4) is 0 Å². The third-order valence-electron chi connectivity index (χ3n) is 3.27. The lowest BCUT2D eigenvalue weighted by Crippen LogP contribution is -2.04. The molecular weight excluding hydrogens is 294 g/mol. The van der Waals surface area contributed by atoms with Crippen molar-refractivity contribution in [1.29, 1.82) is 0 Å². The average molecular weight is 306 g/mol. The summed E-state index contributed by atoms with van der Waals surface area (Å²) in [6.45, 7) is 0. The van der Waals surface area contributed by atoms with Crippen LogP contribution < -0.4 is 0 Å². The Morgan fingerprint density at radius 1 is 1.25 bits per heavy atom. The number of benzene rings is 1. The number of pyridine rings is 1. The Hall–Kier alpha value is -1.52. The molecule has 0 radical (unpaired) electrons. The standard InChI is InChI=1S/C15H12ClNO2S/c16-10-4-6-11(7-5-10)20-14-12(15(18)19)8-9-2-1-3-13(9)17-14/h4-8H,1-3H2,(H,18,19). The van der Waals surface area contributed by atoms with Gasteiger partial charge in [0, 0.05) is 15.6 Å². The number of fused-ring (bicyclic) bond motifs is 1. The van der Waals surface area contributed by atoms with Gasteiger partial charge in [-0.15, -0.1) is 0 Å². The minimum Gasteiger partial charge on any atom is -0.478 e. The molecular formula is C15H12ClNO2S. The number of rotatable bonds is 3. The Balaban J connectivity index is 1.99. The van der Waals surface area contributed by atoms with E-state index in [9.17, 15) is 9.90 Å². The van der Waals surface area contributed by atoms with Gasteiger partial charge in [0.2, 0.25) is 0 Å². The summed E-state index contributed by atoms with van der Waals surface area (Å²) >= 11 is 7.22. The second kappa shape index (κ2) is 5.46. The van der Waals surface area contributed by atoms with E-state index in [4.69, 9.17) is 11.6 Å². The number of hydrogen-bond donors (Lipinski definition) is 1. The van der Waals surface area contributed by atoms with Crippen molar-refractivity contribution in [2.24, 2.45) is 0 Å². The highest BCUT2D eigenvalue weighted by Gasteiger charge is 2.20. The van der Waals surface area contributed by atoms with Crippen LogP contribution in [0, 0.1) is 0 Å². The first-order valence-electron chi connectivity index (χ1n) is 6.33. The van der Waals surface area contributed by atoms with Crippen LogP contribution >= 0.6 is 23.4 Å². The maximum Gasteiger partial charge on any atom is 0.338 e. The molecule has 1 aliphatic carbocycles. The fourth-order valence-corrected chi connectivity index (χ4v) is 3.33. The van der Waals surface area contributed by atoms with Crippen LogP contribution in [0.1, 0.15) is 28.0 Å². The zero-order valence-electron chi connectivity index (χ0n) is 10.6. The molecule has 1 heterocycles. The molecule has 1 aromatic carbocycles. The molecule has 5 heteroatoms. The number of aromatic nitrogens is 1. The molecule has 3 rings (SSSR count). The number of halogens is 1. The van der Waals surface area contributed by atoms with Crippen molar-refractivity contribution in [3.63, 3.8) is 0 Å². The number of carboxylic acid groups (broad SMARTS) is 1. The van der Waals surface area contributed by atoms with Gasteiger partial charge in [0.1, 0.15) is 5.03 Å². The first kappa shape index (κ1) is 13.5. The van der Waals surface area contributed by atoms with E-state index in [0.29, 0.717) is 10.0 Å². The fourth-order valence-electron chi connectivity index (χ4n) is 2.30. The molecule has 2 aromatic rings. The van der Waals surface area contributed by atoms with Gasteiger partial charge in [0.05, 0.1) is 5.56 Å². The molecule has 0 atom stereocenters. The summed E-state index contributed by atoms with van der Waals surface area (Å²) in [6, 6.07) is 9.09. The summed E-state index contributed by atoms with van der Waals surface area (Å²) in [6.07, 6.45) is 2.91. The van der Waals surface area contributed by atoms with Crippen molar-refractivity contribution < 1.29 is 9.90 Å². The third kappa shape index (κ3) is 2.67. The largest absolute Gasteiger partial charge is 0.478 e. The summed E-state index contributed by atoms with van der Waals surface area (Å²) in [5.74, 6) is -0.927. The maximum absolute atomic E-state index is 11.4. The summed E-state index contributed by atoms with van der Waals surface area (Å²) in [4.78, 5) is 16.9. The van der Waals surface area contributed by atoms with Crippen LogP contribution in [-0.4, -0.2) is 16.1 Å². The lowest BCUT2D eigenvalue weighted by atomic mass is 10.1.